The van der Waals surface area contributed by atoms with Crippen LogP contribution in [0, 0.1) is 6.92 Å². The highest BCUT2D eigenvalue weighted by Crippen LogP contribution is 2.21. The van der Waals surface area contributed by atoms with Crippen molar-refractivity contribution in [3.63, 3.8) is 0 Å². The lowest BCUT2D eigenvalue weighted by atomic mass is 10.2. The Morgan fingerprint density at radius 1 is 1.54 bits per heavy atom. The first-order valence-electron chi connectivity index (χ1n) is 3.98. The zero-order valence-corrected chi connectivity index (χ0v) is 8.41. The Morgan fingerprint density at radius 3 is 3.00 bits per heavy atom. The molecule has 1 aromatic rings. The standard InChI is InChI=1S/C9H12NO2P/c1-8-4-2-3-5-9(8)12-13-10-6-7-11/h2-5,7,10,13H,6H2,1H3. The van der Waals surface area contributed by atoms with Gasteiger partial charge in [-0.2, -0.15) is 0 Å². The average molecular weight is 197 g/mol. The van der Waals surface area contributed by atoms with Crippen LogP contribution in [0.25, 0.3) is 0 Å². The van der Waals surface area contributed by atoms with Crippen LogP contribution in [-0.2, 0) is 4.79 Å². The molecule has 4 heteroatoms. The van der Waals surface area contributed by atoms with Crippen LogP contribution in [0.2, 0.25) is 0 Å². The highest BCUT2D eigenvalue weighted by Gasteiger charge is 1.95. The molecule has 70 valence electrons. The van der Waals surface area contributed by atoms with Gasteiger partial charge in [0, 0.05) is 0 Å². The summed E-state index contributed by atoms with van der Waals surface area (Å²) in [7, 11) is 0.132. The van der Waals surface area contributed by atoms with E-state index < -0.39 is 0 Å². The Hall–Kier alpha value is -0.920. The van der Waals surface area contributed by atoms with E-state index in [1.807, 2.05) is 31.2 Å². The van der Waals surface area contributed by atoms with Gasteiger partial charge in [0.1, 0.15) is 21.0 Å². The van der Waals surface area contributed by atoms with Crippen LogP contribution in [0.3, 0.4) is 0 Å². The van der Waals surface area contributed by atoms with Crippen molar-refractivity contribution >= 4 is 15.2 Å². The van der Waals surface area contributed by atoms with Gasteiger partial charge in [-0.1, -0.05) is 18.2 Å². The maximum atomic E-state index is 9.97. The van der Waals surface area contributed by atoms with Crippen molar-refractivity contribution in [1.82, 2.24) is 5.09 Å². The predicted molar refractivity (Wildman–Crippen MR) is 54.2 cm³/mol. The lowest BCUT2D eigenvalue weighted by Crippen LogP contribution is -2.06. The molecule has 0 amide bonds. The van der Waals surface area contributed by atoms with E-state index in [4.69, 9.17) is 4.52 Å². The van der Waals surface area contributed by atoms with E-state index in [2.05, 4.69) is 5.09 Å². The van der Waals surface area contributed by atoms with E-state index in [1.165, 1.54) is 0 Å². The number of nitrogens with one attached hydrogen (secondary N) is 1. The van der Waals surface area contributed by atoms with Gasteiger partial charge >= 0.3 is 0 Å². The third kappa shape index (κ3) is 3.53. The summed E-state index contributed by atoms with van der Waals surface area (Å²) in [6, 6.07) is 7.78. The van der Waals surface area contributed by atoms with E-state index >= 15 is 0 Å². The van der Waals surface area contributed by atoms with E-state index in [0.717, 1.165) is 17.6 Å². The molecule has 0 heterocycles. The quantitative estimate of drug-likeness (QED) is 0.443. The molecule has 0 aliphatic rings. The second-order valence-electron chi connectivity index (χ2n) is 2.52. The number of aryl methyl sites for hydroxylation is 1. The van der Waals surface area contributed by atoms with Gasteiger partial charge in [0.15, 0.2) is 0 Å². The lowest BCUT2D eigenvalue weighted by Gasteiger charge is -2.07. The largest absolute Gasteiger partial charge is 0.461 e. The third-order valence-electron chi connectivity index (χ3n) is 1.51. The second kappa shape index (κ2) is 5.68. The van der Waals surface area contributed by atoms with Gasteiger partial charge in [0.25, 0.3) is 0 Å². The van der Waals surface area contributed by atoms with Gasteiger partial charge < -0.3 is 9.32 Å². The van der Waals surface area contributed by atoms with E-state index in [0.29, 0.717) is 6.54 Å². The summed E-state index contributed by atoms with van der Waals surface area (Å²) in [5.74, 6) is 0.860. The molecule has 1 unspecified atom stereocenters. The number of rotatable bonds is 5. The first-order valence-corrected chi connectivity index (χ1v) is 4.89. The molecule has 1 N–H and O–H groups in total. The van der Waals surface area contributed by atoms with Crippen LogP contribution in [0.1, 0.15) is 5.56 Å². The second-order valence-corrected chi connectivity index (χ2v) is 3.28. The number of hydrogen-bond acceptors (Lipinski definition) is 3. The summed E-state index contributed by atoms with van der Waals surface area (Å²) >= 11 is 0. The molecule has 0 radical (unpaired) electrons. The van der Waals surface area contributed by atoms with Gasteiger partial charge in [-0.05, 0) is 18.6 Å². The lowest BCUT2D eigenvalue weighted by molar-refractivity contribution is -0.106. The molecular weight excluding hydrogens is 185 g/mol. The van der Waals surface area contributed by atoms with Gasteiger partial charge in [-0.25, -0.2) is 0 Å². The average Bonchev–Trinajstić information content (AvgIpc) is 2.15. The number of aldehydes is 1. The molecule has 0 spiro atoms. The first-order chi connectivity index (χ1) is 6.34. The number of hydrogen-bond donors (Lipinski definition) is 1. The smallest absolute Gasteiger partial charge is 0.147 e. The molecule has 0 aliphatic heterocycles. The van der Waals surface area contributed by atoms with Crippen LogP contribution in [-0.4, -0.2) is 12.8 Å². The minimum atomic E-state index is 0.132. The fraction of sp³-hybridized carbons (Fsp3) is 0.222. The van der Waals surface area contributed by atoms with Crippen molar-refractivity contribution in [1.29, 1.82) is 0 Å². The van der Waals surface area contributed by atoms with Crippen LogP contribution < -0.4 is 9.61 Å². The Bertz CT molecular complexity index is 278. The minimum Gasteiger partial charge on any atom is -0.461 e. The zero-order chi connectivity index (χ0) is 9.52. The topological polar surface area (TPSA) is 38.3 Å². The number of benzene rings is 1. The molecule has 0 saturated carbocycles. The number of carbonyl (C=O) groups is 1. The highest BCUT2D eigenvalue weighted by atomic mass is 31.1. The molecule has 0 saturated heterocycles. The third-order valence-corrected chi connectivity index (χ3v) is 2.18. The maximum absolute atomic E-state index is 9.97. The molecule has 1 atom stereocenters. The van der Waals surface area contributed by atoms with Crippen LogP contribution in [0.15, 0.2) is 24.3 Å². The molecule has 0 bridgehead atoms. The normalized spacial score (nSPS) is 10.5. The Morgan fingerprint density at radius 2 is 2.31 bits per heavy atom. The van der Waals surface area contributed by atoms with Gasteiger partial charge in [0.05, 0.1) is 6.54 Å². The number of para-hydroxylation sites is 1. The molecular formula is C9H12NO2P. The van der Waals surface area contributed by atoms with E-state index in [-0.39, 0.29) is 8.96 Å². The Kier molecular flexibility index (Phi) is 4.44. The van der Waals surface area contributed by atoms with Crippen molar-refractivity contribution in [3.8, 4) is 5.75 Å². The van der Waals surface area contributed by atoms with Crippen molar-refractivity contribution in [2.24, 2.45) is 0 Å². The highest BCUT2D eigenvalue weighted by molar-refractivity contribution is 7.30. The predicted octanol–water partition coefficient (Wildman–Crippen LogP) is 1.67. The Labute approximate surface area is 79.4 Å². The maximum Gasteiger partial charge on any atom is 0.147 e. The summed E-state index contributed by atoms with van der Waals surface area (Å²) < 4.78 is 5.40. The summed E-state index contributed by atoms with van der Waals surface area (Å²) in [6.45, 7) is 2.32. The fourth-order valence-corrected chi connectivity index (χ4v) is 1.42. The summed E-state index contributed by atoms with van der Waals surface area (Å²) in [5, 5.41) is 2.85. The monoisotopic (exact) mass is 197 g/mol. The fourth-order valence-electron chi connectivity index (χ4n) is 0.845. The molecule has 13 heavy (non-hydrogen) atoms. The van der Waals surface area contributed by atoms with Crippen LogP contribution in [0.5, 0.6) is 5.75 Å². The van der Waals surface area contributed by atoms with Gasteiger partial charge in [0.2, 0.25) is 0 Å². The molecule has 3 nitrogen and oxygen atoms in total. The zero-order valence-electron chi connectivity index (χ0n) is 7.41. The molecule has 0 aromatic heterocycles. The molecule has 0 fully saturated rings. The molecule has 1 rings (SSSR count). The van der Waals surface area contributed by atoms with Crippen LogP contribution >= 0.6 is 8.96 Å². The van der Waals surface area contributed by atoms with Crippen molar-refractivity contribution < 1.29 is 9.32 Å². The SMILES string of the molecule is Cc1ccccc1OPNCC=O. The van der Waals surface area contributed by atoms with Crippen molar-refractivity contribution in [3.05, 3.63) is 29.8 Å². The van der Waals surface area contributed by atoms with Crippen LogP contribution in [0.4, 0.5) is 0 Å². The van der Waals surface area contributed by atoms with Crippen molar-refractivity contribution in [2.75, 3.05) is 6.54 Å². The first kappa shape index (κ1) is 10.2. The van der Waals surface area contributed by atoms with E-state index in [1.54, 1.807) is 0 Å². The van der Waals surface area contributed by atoms with Crippen molar-refractivity contribution in [2.45, 2.75) is 6.92 Å². The molecule has 0 aliphatic carbocycles. The van der Waals surface area contributed by atoms with Gasteiger partial charge in [-0.15, -0.1) is 0 Å². The molecule has 1 aromatic carbocycles. The Balaban J connectivity index is 2.36. The van der Waals surface area contributed by atoms with Gasteiger partial charge in [-0.3, -0.25) is 5.09 Å². The minimum absolute atomic E-state index is 0.132. The van der Waals surface area contributed by atoms with E-state index in [9.17, 15) is 4.79 Å². The summed E-state index contributed by atoms with van der Waals surface area (Å²) in [4.78, 5) is 9.97. The summed E-state index contributed by atoms with van der Waals surface area (Å²) in [6.07, 6.45) is 0.814. The summed E-state index contributed by atoms with van der Waals surface area (Å²) in [5.41, 5.74) is 1.10. The number of carbonyl (C=O) groups excluding carboxylic acids is 1.